The van der Waals surface area contributed by atoms with Gasteiger partial charge in [-0.05, 0) is 24.1 Å². The lowest BCUT2D eigenvalue weighted by atomic mass is 9.93. The molecule has 0 saturated heterocycles. The second-order valence-electron chi connectivity index (χ2n) is 4.05. The van der Waals surface area contributed by atoms with Gasteiger partial charge in [-0.1, -0.05) is 38.3 Å². The number of nitrogen functional groups attached to an aromatic ring is 1. The van der Waals surface area contributed by atoms with E-state index in [2.05, 4.69) is 6.92 Å². The normalized spacial score (nSPS) is 12.3. The maximum Gasteiger partial charge on any atom is 0.310 e. The molecule has 0 aromatic heterocycles. The maximum absolute atomic E-state index is 11.1. The molecule has 0 fully saturated rings. The molecular formula is C13H19NO2. The van der Waals surface area contributed by atoms with E-state index in [1.54, 1.807) is 24.3 Å². The summed E-state index contributed by atoms with van der Waals surface area (Å²) in [5.74, 6) is -1.15. The van der Waals surface area contributed by atoms with Gasteiger partial charge in [0.2, 0.25) is 0 Å². The number of hydrogen-bond donors (Lipinski definition) is 2. The molecule has 88 valence electrons. The SMILES string of the molecule is CCCCCC(C(=O)O)c1ccc(N)cc1. The number of benzene rings is 1. The summed E-state index contributed by atoms with van der Waals surface area (Å²) in [5, 5.41) is 9.16. The first-order valence-corrected chi connectivity index (χ1v) is 5.73. The first-order chi connectivity index (χ1) is 7.65. The summed E-state index contributed by atoms with van der Waals surface area (Å²) in [6, 6.07) is 7.12. The Morgan fingerprint density at radius 3 is 2.44 bits per heavy atom. The van der Waals surface area contributed by atoms with Gasteiger partial charge in [-0.25, -0.2) is 0 Å². The van der Waals surface area contributed by atoms with E-state index in [0.717, 1.165) is 24.8 Å². The molecule has 3 nitrogen and oxygen atoms in total. The van der Waals surface area contributed by atoms with E-state index in [1.807, 2.05) is 0 Å². The molecule has 1 aromatic carbocycles. The topological polar surface area (TPSA) is 63.3 Å². The van der Waals surface area contributed by atoms with Crippen LogP contribution in [0, 0.1) is 0 Å². The molecule has 0 aliphatic rings. The molecule has 16 heavy (non-hydrogen) atoms. The number of aliphatic carboxylic acids is 1. The predicted molar refractivity (Wildman–Crippen MR) is 65.4 cm³/mol. The van der Waals surface area contributed by atoms with Crippen LogP contribution in [0.15, 0.2) is 24.3 Å². The van der Waals surface area contributed by atoms with Crippen LogP contribution in [-0.2, 0) is 4.79 Å². The fourth-order valence-electron chi connectivity index (χ4n) is 1.76. The number of rotatable bonds is 6. The van der Waals surface area contributed by atoms with Gasteiger partial charge in [0.1, 0.15) is 0 Å². The molecule has 0 amide bonds. The maximum atomic E-state index is 11.1. The highest BCUT2D eigenvalue weighted by Gasteiger charge is 2.18. The summed E-state index contributed by atoms with van der Waals surface area (Å²) in [4.78, 5) is 11.1. The summed E-state index contributed by atoms with van der Waals surface area (Å²) in [7, 11) is 0. The van der Waals surface area contributed by atoms with Gasteiger partial charge < -0.3 is 10.8 Å². The Labute approximate surface area is 96.3 Å². The third-order valence-electron chi connectivity index (χ3n) is 2.73. The van der Waals surface area contributed by atoms with Crippen molar-refractivity contribution in [2.45, 2.75) is 38.5 Å². The van der Waals surface area contributed by atoms with Crippen molar-refractivity contribution in [2.75, 3.05) is 5.73 Å². The van der Waals surface area contributed by atoms with Crippen molar-refractivity contribution in [3.63, 3.8) is 0 Å². The lowest BCUT2D eigenvalue weighted by Gasteiger charge is -2.12. The van der Waals surface area contributed by atoms with E-state index in [1.165, 1.54) is 0 Å². The predicted octanol–water partition coefficient (Wildman–Crippen LogP) is 3.02. The average Bonchev–Trinajstić information content (AvgIpc) is 2.26. The lowest BCUT2D eigenvalue weighted by Crippen LogP contribution is -2.11. The van der Waals surface area contributed by atoms with Gasteiger partial charge >= 0.3 is 5.97 Å². The van der Waals surface area contributed by atoms with Crippen molar-refractivity contribution in [2.24, 2.45) is 0 Å². The Kier molecular flexibility index (Phi) is 4.83. The minimum atomic E-state index is -0.749. The summed E-state index contributed by atoms with van der Waals surface area (Å²) in [6.45, 7) is 2.11. The van der Waals surface area contributed by atoms with Crippen molar-refractivity contribution < 1.29 is 9.90 Å². The lowest BCUT2D eigenvalue weighted by molar-refractivity contribution is -0.139. The number of anilines is 1. The Morgan fingerprint density at radius 2 is 1.94 bits per heavy atom. The summed E-state index contributed by atoms with van der Waals surface area (Å²) < 4.78 is 0. The van der Waals surface area contributed by atoms with E-state index in [4.69, 9.17) is 10.8 Å². The molecule has 0 spiro atoms. The van der Waals surface area contributed by atoms with Crippen LogP contribution < -0.4 is 5.73 Å². The number of nitrogens with two attached hydrogens (primary N) is 1. The smallest absolute Gasteiger partial charge is 0.310 e. The minimum absolute atomic E-state index is 0.396. The van der Waals surface area contributed by atoms with Crippen LogP contribution in [0.2, 0.25) is 0 Å². The molecule has 3 heteroatoms. The highest BCUT2D eigenvalue weighted by molar-refractivity contribution is 5.76. The van der Waals surface area contributed by atoms with Crippen LogP contribution in [0.3, 0.4) is 0 Å². The standard InChI is InChI=1S/C13H19NO2/c1-2-3-4-5-12(13(15)16)10-6-8-11(14)9-7-10/h6-9,12H,2-5,14H2,1H3,(H,15,16). The summed E-state index contributed by atoms with van der Waals surface area (Å²) in [5.41, 5.74) is 7.09. The van der Waals surface area contributed by atoms with Gasteiger partial charge in [-0.3, -0.25) is 4.79 Å². The van der Waals surface area contributed by atoms with Crippen LogP contribution in [0.5, 0.6) is 0 Å². The van der Waals surface area contributed by atoms with Crippen LogP contribution in [-0.4, -0.2) is 11.1 Å². The summed E-state index contributed by atoms with van der Waals surface area (Å²) >= 11 is 0. The Morgan fingerprint density at radius 1 is 1.31 bits per heavy atom. The number of carbonyl (C=O) groups is 1. The van der Waals surface area contributed by atoms with Crippen molar-refractivity contribution in [1.82, 2.24) is 0 Å². The second-order valence-corrected chi connectivity index (χ2v) is 4.05. The first kappa shape index (κ1) is 12.6. The van der Waals surface area contributed by atoms with E-state index in [9.17, 15) is 4.79 Å². The van der Waals surface area contributed by atoms with Crippen molar-refractivity contribution in [3.8, 4) is 0 Å². The minimum Gasteiger partial charge on any atom is -0.481 e. The highest BCUT2D eigenvalue weighted by atomic mass is 16.4. The van der Waals surface area contributed by atoms with E-state index < -0.39 is 11.9 Å². The zero-order valence-electron chi connectivity index (χ0n) is 9.65. The van der Waals surface area contributed by atoms with Crippen LogP contribution in [0.1, 0.15) is 44.1 Å². The number of hydrogen-bond acceptors (Lipinski definition) is 2. The summed E-state index contributed by atoms with van der Waals surface area (Å²) in [6.07, 6.45) is 3.85. The molecule has 1 rings (SSSR count). The zero-order valence-corrected chi connectivity index (χ0v) is 9.65. The Bertz CT molecular complexity index is 332. The molecule has 1 aromatic rings. The van der Waals surface area contributed by atoms with E-state index in [0.29, 0.717) is 12.1 Å². The third-order valence-corrected chi connectivity index (χ3v) is 2.73. The first-order valence-electron chi connectivity index (χ1n) is 5.73. The van der Waals surface area contributed by atoms with Crippen molar-refractivity contribution in [1.29, 1.82) is 0 Å². The Hall–Kier alpha value is -1.51. The number of carboxylic acids is 1. The largest absolute Gasteiger partial charge is 0.481 e. The third kappa shape index (κ3) is 3.57. The van der Waals surface area contributed by atoms with E-state index >= 15 is 0 Å². The van der Waals surface area contributed by atoms with Gasteiger partial charge in [-0.2, -0.15) is 0 Å². The van der Waals surface area contributed by atoms with Crippen LogP contribution in [0.4, 0.5) is 5.69 Å². The Balaban J connectivity index is 2.69. The molecule has 0 bridgehead atoms. The van der Waals surface area contributed by atoms with Gasteiger partial charge in [0.15, 0.2) is 0 Å². The monoisotopic (exact) mass is 221 g/mol. The van der Waals surface area contributed by atoms with Gasteiger partial charge in [-0.15, -0.1) is 0 Å². The molecule has 0 saturated carbocycles. The molecule has 0 heterocycles. The fourth-order valence-corrected chi connectivity index (χ4v) is 1.76. The molecule has 3 N–H and O–H groups in total. The van der Waals surface area contributed by atoms with Crippen LogP contribution in [0.25, 0.3) is 0 Å². The quantitative estimate of drug-likeness (QED) is 0.573. The second kappa shape index (κ2) is 6.16. The molecule has 0 aliphatic heterocycles. The molecular weight excluding hydrogens is 202 g/mol. The van der Waals surface area contributed by atoms with Crippen molar-refractivity contribution in [3.05, 3.63) is 29.8 Å². The number of carboxylic acid groups (broad SMARTS) is 1. The van der Waals surface area contributed by atoms with Crippen LogP contribution >= 0.6 is 0 Å². The molecule has 0 aliphatic carbocycles. The van der Waals surface area contributed by atoms with Gasteiger partial charge in [0, 0.05) is 5.69 Å². The zero-order chi connectivity index (χ0) is 12.0. The number of unbranched alkanes of at least 4 members (excludes halogenated alkanes) is 2. The van der Waals surface area contributed by atoms with Gasteiger partial charge in [0.25, 0.3) is 0 Å². The van der Waals surface area contributed by atoms with Crippen molar-refractivity contribution >= 4 is 11.7 Å². The molecule has 0 radical (unpaired) electrons. The molecule has 1 unspecified atom stereocenters. The fraction of sp³-hybridized carbons (Fsp3) is 0.462. The van der Waals surface area contributed by atoms with E-state index in [-0.39, 0.29) is 0 Å². The highest BCUT2D eigenvalue weighted by Crippen LogP contribution is 2.23. The van der Waals surface area contributed by atoms with Gasteiger partial charge in [0.05, 0.1) is 5.92 Å². The molecule has 1 atom stereocenters. The average molecular weight is 221 g/mol.